The summed E-state index contributed by atoms with van der Waals surface area (Å²) < 4.78 is 60.0. The largest absolute Gasteiger partial charge is 0.439 e. The van der Waals surface area contributed by atoms with E-state index in [-0.39, 0.29) is 29.7 Å². The smallest absolute Gasteiger partial charge is 0.337 e. The number of rotatable bonds is 7. The zero-order valence-corrected chi connectivity index (χ0v) is 75.6. The van der Waals surface area contributed by atoms with Crippen LogP contribution in [0.15, 0.2) is 373 Å². The highest BCUT2D eigenvalue weighted by Crippen LogP contribution is 2.43. The Hall–Kier alpha value is -19.3. The maximum Gasteiger partial charge on any atom is 0.337 e. The first-order chi connectivity index (χ1) is 68.9. The van der Waals surface area contributed by atoms with E-state index in [9.17, 15) is 0 Å². The van der Waals surface area contributed by atoms with E-state index in [4.69, 9.17) is 66.8 Å². The van der Waals surface area contributed by atoms with Crippen LogP contribution in [0.1, 0.15) is 76.9 Å². The molecule has 18 heterocycles. The fourth-order valence-electron chi connectivity index (χ4n) is 19.6. The minimum absolute atomic E-state index is 0. The third-order valence-corrected chi connectivity index (χ3v) is 25.1. The van der Waals surface area contributed by atoms with Crippen molar-refractivity contribution < 1.29 is 26.9 Å². The molecule has 18 aromatic heterocycles. The normalized spacial score (nSPS) is 11.5. The highest BCUT2D eigenvalue weighted by atomic mass is 16.5. The van der Waals surface area contributed by atoms with Crippen LogP contribution in [0, 0.1) is 6.92 Å². The second kappa shape index (κ2) is 35.4. The van der Waals surface area contributed by atoms with Gasteiger partial charge in [0.1, 0.15) is 11.2 Å². The standard InChI is InChI=1S/C30H16N4O3.2C28H16N8O.C17H12N4O.3C2H6.4CH4/c1-5-13-21-17(9-1)25-19-11-3-7-15-23(19)35-27(25)33(21)29-31-30(37-32-29)34-22-14-6-2-10-18(22)26-20-12-4-8-16-24(20)36-28(26)34;2*1-3-11-19-17(9-1)29-26-33(19)21-13-5-7-15-23(21)35(26)25-31-28(37-32-25)36-24-16-8-6-14-22(24)34-20-12-4-2-10-18(20)30-27(34)36;1-11-10-16(22-19-11)21-15-9-5-4-8-14(15)20-13-7-3-2-6-12(13)18-17(20)21;3*1-2;;;;/h3*1-16H;2-10H,1H3;3*1-2H3;4*1H4. The van der Waals surface area contributed by atoms with E-state index < -0.39 is 0 Å². The summed E-state index contributed by atoms with van der Waals surface area (Å²) in [7, 11) is 0. The molecule has 0 aliphatic carbocycles. The number of nitrogens with zero attached hydrogens (tertiary/aromatic N) is 24. The fraction of sp³-hybridized carbons (Fsp3) is 0.0973. The highest BCUT2D eigenvalue weighted by Gasteiger charge is 2.31. The third kappa shape index (κ3) is 13.3. The van der Waals surface area contributed by atoms with Gasteiger partial charge in [-0.15, -0.1) is 0 Å². The predicted octanol–water partition coefficient (Wildman–Crippen LogP) is 28.2. The van der Waals surface area contributed by atoms with Crippen molar-refractivity contribution in [2.45, 2.75) is 78.2 Å². The van der Waals surface area contributed by atoms with Crippen LogP contribution < -0.4 is 0 Å². The van der Waals surface area contributed by atoms with Crippen LogP contribution in [-0.2, 0) is 0 Å². The maximum absolute atomic E-state index is 6.32. The molecule has 0 bridgehead atoms. The van der Waals surface area contributed by atoms with E-state index in [0.717, 1.165) is 188 Å². The molecular formula is C113H94N24O6. The molecule has 0 saturated carbocycles. The van der Waals surface area contributed by atoms with E-state index >= 15 is 0 Å². The van der Waals surface area contributed by atoms with Crippen LogP contribution in [0.4, 0.5) is 0 Å². The first-order valence-electron chi connectivity index (χ1n) is 46.0. The van der Waals surface area contributed by atoms with E-state index in [1.165, 1.54) is 0 Å². The van der Waals surface area contributed by atoms with Gasteiger partial charge < -0.3 is 26.9 Å². The number of para-hydroxylation sites is 24. The van der Waals surface area contributed by atoms with Crippen molar-refractivity contribution in [1.82, 2.24) is 114 Å². The van der Waals surface area contributed by atoms with Crippen molar-refractivity contribution in [2.75, 3.05) is 0 Å². The average molecular weight is 1880 g/mol. The van der Waals surface area contributed by atoms with Gasteiger partial charge in [0.15, 0.2) is 0 Å². The molecule has 0 fully saturated rings. The Morgan fingerprint density at radius 1 is 0.203 bits per heavy atom. The first-order valence-corrected chi connectivity index (χ1v) is 46.0. The number of hydrogen-bond acceptors (Lipinski definition) is 18. The van der Waals surface area contributed by atoms with E-state index in [0.29, 0.717) is 64.8 Å². The molecule has 32 rings (SSSR count). The Labute approximate surface area is 813 Å². The fourth-order valence-corrected chi connectivity index (χ4v) is 19.6. The highest BCUT2D eigenvalue weighted by molar-refractivity contribution is 6.21. The molecule has 0 saturated heterocycles. The summed E-state index contributed by atoms with van der Waals surface area (Å²) in [6.07, 6.45) is 0. The van der Waals surface area contributed by atoms with Crippen molar-refractivity contribution >= 4 is 205 Å². The Morgan fingerprint density at radius 3 is 0.769 bits per heavy atom. The lowest BCUT2D eigenvalue weighted by atomic mass is 10.1. The van der Waals surface area contributed by atoms with Gasteiger partial charge in [0.2, 0.25) is 46.2 Å². The van der Waals surface area contributed by atoms with Crippen LogP contribution in [0.3, 0.4) is 0 Å². The van der Waals surface area contributed by atoms with E-state index in [1.807, 2.05) is 335 Å². The number of hydrogen-bond donors (Lipinski definition) is 0. The van der Waals surface area contributed by atoms with Gasteiger partial charge in [-0.1, -0.05) is 271 Å². The van der Waals surface area contributed by atoms with Gasteiger partial charge in [-0.2, -0.15) is 15.0 Å². The summed E-state index contributed by atoms with van der Waals surface area (Å²) in [4.78, 5) is 39.0. The topological polar surface area (TPSA) is 290 Å². The Morgan fingerprint density at radius 2 is 0.441 bits per heavy atom. The van der Waals surface area contributed by atoms with Gasteiger partial charge in [-0.05, 0) is 168 Å². The van der Waals surface area contributed by atoms with Crippen molar-refractivity contribution in [2.24, 2.45) is 0 Å². The quantitative estimate of drug-likeness (QED) is 0.143. The Kier molecular flexibility index (Phi) is 22.0. The maximum atomic E-state index is 6.32. The molecule has 0 aliphatic rings. The lowest BCUT2D eigenvalue weighted by Crippen LogP contribution is -1.99. The lowest BCUT2D eigenvalue weighted by molar-refractivity contribution is 0.401. The monoisotopic (exact) mass is 1880 g/mol. The van der Waals surface area contributed by atoms with Gasteiger partial charge >= 0.3 is 18.0 Å². The summed E-state index contributed by atoms with van der Waals surface area (Å²) in [5.41, 5.74) is 25.4. The van der Waals surface area contributed by atoms with Gasteiger partial charge in [0.25, 0.3) is 17.8 Å². The predicted molar refractivity (Wildman–Crippen MR) is 569 cm³/mol. The molecule has 143 heavy (non-hydrogen) atoms. The Balaban J connectivity index is 0.000000108. The average Bonchev–Trinajstić information content (AvgIpc) is 1.57. The van der Waals surface area contributed by atoms with Crippen LogP contribution in [0.2, 0.25) is 0 Å². The van der Waals surface area contributed by atoms with Gasteiger partial charge in [-0.25, -0.2) is 56.9 Å². The van der Waals surface area contributed by atoms with Crippen LogP contribution in [0.25, 0.3) is 247 Å². The molecule has 32 aromatic rings. The zero-order chi connectivity index (χ0) is 92.9. The molecule has 702 valence electrons. The minimum atomic E-state index is 0. The molecule has 14 aromatic carbocycles. The molecule has 30 nitrogen and oxygen atoms in total. The van der Waals surface area contributed by atoms with Gasteiger partial charge in [0.05, 0.1) is 138 Å². The van der Waals surface area contributed by atoms with E-state index in [2.05, 4.69) is 134 Å². The molecule has 30 heteroatoms. The van der Waals surface area contributed by atoms with Crippen molar-refractivity contribution in [3.63, 3.8) is 0 Å². The number of aryl methyl sites for hydroxylation is 1. The zero-order valence-electron chi connectivity index (χ0n) is 75.6. The molecule has 0 aliphatic heterocycles. The van der Waals surface area contributed by atoms with Gasteiger partial charge in [-0.3, -0.25) is 22.0 Å². The number of imidazole rings is 10. The summed E-state index contributed by atoms with van der Waals surface area (Å²) in [5, 5.41) is 23.5. The molecular weight excluding hydrogens is 1790 g/mol. The molecule has 0 spiro atoms. The molecule has 0 amide bonds. The second-order valence-corrected chi connectivity index (χ2v) is 32.5. The molecule has 0 unspecified atom stereocenters. The summed E-state index contributed by atoms with van der Waals surface area (Å²) in [6.45, 7) is 13.9. The summed E-state index contributed by atoms with van der Waals surface area (Å²) >= 11 is 0. The van der Waals surface area contributed by atoms with Crippen molar-refractivity contribution in [1.29, 1.82) is 0 Å². The van der Waals surface area contributed by atoms with Crippen molar-refractivity contribution in [3.05, 3.63) is 351 Å². The second-order valence-electron chi connectivity index (χ2n) is 32.5. The van der Waals surface area contributed by atoms with Crippen LogP contribution >= 0.6 is 0 Å². The minimum Gasteiger partial charge on any atom is -0.439 e. The Bertz CT molecular complexity index is 9170. The lowest BCUT2D eigenvalue weighted by Gasteiger charge is -2.00. The third-order valence-electron chi connectivity index (χ3n) is 25.1. The summed E-state index contributed by atoms with van der Waals surface area (Å²) in [5.74, 6) is 5.60. The number of aromatic nitrogens is 24. The van der Waals surface area contributed by atoms with Crippen molar-refractivity contribution in [3.8, 4) is 41.8 Å². The van der Waals surface area contributed by atoms with Crippen LogP contribution in [0.5, 0.6) is 0 Å². The molecule has 0 atom stereocenters. The first kappa shape index (κ1) is 89.0. The molecule has 0 N–H and O–H groups in total. The van der Waals surface area contributed by atoms with E-state index in [1.54, 1.807) is 0 Å². The number of fused-ring (bicyclic) bond motifs is 35. The number of benzene rings is 14. The number of furan rings is 2. The SMILES string of the molecule is C.C.C.C.CC.CC.CC.Cc1cc(-n2c3ccccc3n3c4ccccc4nc23)on1.c1ccc2c(c1)nc1n(-c3noc(-n4c5ccccc5n5c6ccccc6nc45)n3)c3ccccc3n21.c1ccc2c(c1)nc1n(-c3noc(-n4c5ccccc5n5c6ccccc6nc45)n3)c3ccccc3n21.c1ccc2c(c1)oc1c2c2ccccc2n1-c1noc(-n2c3ccccc3c3c4ccccc4oc32)n1. The molecule has 0 radical (unpaired) electrons. The summed E-state index contributed by atoms with van der Waals surface area (Å²) in [6, 6.07) is 116. The van der Waals surface area contributed by atoms with Gasteiger partial charge in [0, 0.05) is 27.6 Å². The van der Waals surface area contributed by atoms with Crippen LogP contribution in [-0.4, -0.2) is 114 Å².